The number of pyridine rings is 1. The molecule has 23 heavy (non-hydrogen) atoms. The maximum atomic E-state index is 12.3. The quantitative estimate of drug-likeness (QED) is 0.573. The Labute approximate surface area is 137 Å². The number of hydrogen-bond donors (Lipinski definition) is 2. The Morgan fingerprint density at radius 1 is 1.48 bits per heavy atom. The van der Waals surface area contributed by atoms with Gasteiger partial charge in [-0.3, -0.25) is 4.79 Å². The highest BCUT2D eigenvalue weighted by Gasteiger charge is 2.18. The molecule has 3 heterocycles. The fourth-order valence-electron chi connectivity index (χ4n) is 2.45. The maximum absolute atomic E-state index is 12.3. The van der Waals surface area contributed by atoms with Gasteiger partial charge in [0.2, 0.25) is 0 Å². The lowest BCUT2D eigenvalue weighted by atomic mass is 10.1. The summed E-state index contributed by atoms with van der Waals surface area (Å²) in [6, 6.07) is 5.77. The molecule has 3 N–H and O–H groups in total. The van der Waals surface area contributed by atoms with E-state index in [-0.39, 0.29) is 5.91 Å². The lowest BCUT2D eigenvalue weighted by molar-refractivity contribution is 0.0960. The van der Waals surface area contributed by atoms with E-state index in [9.17, 15) is 4.79 Å². The van der Waals surface area contributed by atoms with Crippen molar-refractivity contribution in [2.45, 2.75) is 13.8 Å². The van der Waals surface area contributed by atoms with Crippen LogP contribution in [-0.4, -0.2) is 21.7 Å². The van der Waals surface area contributed by atoms with E-state index in [1.165, 1.54) is 11.3 Å². The Balaban J connectivity index is 1.87. The molecule has 0 unspecified atom stereocenters. The fourth-order valence-corrected chi connectivity index (χ4v) is 3.56. The van der Waals surface area contributed by atoms with Crippen LogP contribution in [-0.2, 0) is 7.05 Å². The number of carbonyl (C=O) groups excluding carboxylic acids is 1. The van der Waals surface area contributed by atoms with Crippen LogP contribution in [0.4, 0.5) is 5.69 Å². The minimum absolute atomic E-state index is 0.326. The third-order valence-corrected chi connectivity index (χ3v) is 4.68. The molecule has 118 valence electrons. The zero-order valence-corrected chi connectivity index (χ0v) is 13.9. The van der Waals surface area contributed by atoms with Crippen molar-refractivity contribution < 1.29 is 4.79 Å². The minimum atomic E-state index is -0.326. The predicted octanol–water partition coefficient (Wildman–Crippen LogP) is 2.60. The van der Waals surface area contributed by atoms with Crippen molar-refractivity contribution in [1.29, 1.82) is 0 Å². The van der Waals surface area contributed by atoms with Crippen molar-refractivity contribution in [1.82, 2.24) is 15.0 Å². The number of nitrogens with two attached hydrogens (primary N) is 1. The van der Waals surface area contributed by atoms with Crippen LogP contribution in [0.1, 0.15) is 26.6 Å². The summed E-state index contributed by atoms with van der Waals surface area (Å²) in [6.07, 6.45) is 3.50. The van der Waals surface area contributed by atoms with Crippen molar-refractivity contribution in [3.05, 3.63) is 46.2 Å². The van der Waals surface area contributed by atoms with Gasteiger partial charge in [0.1, 0.15) is 9.71 Å². The van der Waals surface area contributed by atoms with E-state index in [0.717, 1.165) is 27.2 Å². The smallest absolute Gasteiger partial charge is 0.283 e. The second kappa shape index (κ2) is 5.85. The number of fused-ring (bicyclic) bond motifs is 1. The molecule has 0 atom stereocenters. The number of rotatable bonds is 3. The fraction of sp³-hybridized carbons (Fsp3) is 0.188. The summed E-state index contributed by atoms with van der Waals surface area (Å²) in [4.78, 5) is 18.0. The van der Waals surface area contributed by atoms with E-state index < -0.39 is 0 Å². The molecule has 3 aromatic heterocycles. The molecular weight excluding hydrogens is 310 g/mol. The van der Waals surface area contributed by atoms with Crippen LogP contribution in [0, 0.1) is 13.8 Å². The lowest BCUT2D eigenvalue weighted by Gasteiger charge is -2.00. The van der Waals surface area contributed by atoms with Gasteiger partial charge in [0, 0.05) is 24.3 Å². The summed E-state index contributed by atoms with van der Waals surface area (Å²) in [5.74, 6) is -0.326. The van der Waals surface area contributed by atoms with E-state index >= 15 is 0 Å². The lowest BCUT2D eigenvalue weighted by Crippen LogP contribution is -2.17. The number of anilines is 1. The number of nitrogens with one attached hydrogen (secondary N) is 1. The van der Waals surface area contributed by atoms with Gasteiger partial charge in [-0.15, -0.1) is 11.3 Å². The van der Waals surface area contributed by atoms with Gasteiger partial charge in [-0.05, 0) is 37.6 Å². The van der Waals surface area contributed by atoms with E-state index in [0.29, 0.717) is 10.6 Å². The topological polar surface area (TPSA) is 85.3 Å². The summed E-state index contributed by atoms with van der Waals surface area (Å²) in [5.41, 5.74) is 11.9. The van der Waals surface area contributed by atoms with Crippen LogP contribution in [0.25, 0.3) is 10.2 Å². The number of thiophene rings is 1. The number of nitrogen functional groups attached to an aromatic ring is 1. The number of hydrazone groups is 1. The summed E-state index contributed by atoms with van der Waals surface area (Å²) < 4.78 is 1.90. The van der Waals surface area contributed by atoms with Crippen molar-refractivity contribution in [2.24, 2.45) is 12.1 Å². The number of hydrogen-bond acceptors (Lipinski definition) is 5. The van der Waals surface area contributed by atoms with Crippen LogP contribution in [0.15, 0.2) is 29.5 Å². The van der Waals surface area contributed by atoms with Gasteiger partial charge >= 0.3 is 0 Å². The number of amides is 1. The van der Waals surface area contributed by atoms with Gasteiger partial charge < -0.3 is 10.3 Å². The third-order valence-electron chi connectivity index (χ3n) is 3.58. The molecular formula is C16H17N5OS. The monoisotopic (exact) mass is 327 g/mol. The molecule has 6 nitrogen and oxygen atoms in total. The largest absolute Gasteiger partial charge is 0.397 e. The first-order valence-corrected chi connectivity index (χ1v) is 7.90. The van der Waals surface area contributed by atoms with E-state index in [1.54, 1.807) is 6.21 Å². The van der Waals surface area contributed by atoms with E-state index in [1.807, 2.05) is 49.9 Å². The predicted molar refractivity (Wildman–Crippen MR) is 94.0 cm³/mol. The number of aromatic nitrogens is 2. The van der Waals surface area contributed by atoms with Crippen LogP contribution in [0.2, 0.25) is 0 Å². The molecule has 0 aliphatic heterocycles. The van der Waals surface area contributed by atoms with Crippen LogP contribution in [0.3, 0.4) is 0 Å². The first-order valence-electron chi connectivity index (χ1n) is 7.08. The van der Waals surface area contributed by atoms with Gasteiger partial charge in [-0.1, -0.05) is 0 Å². The highest BCUT2D eigenvalue weighted by molar-refractivity contribution is 7.21. The SMILES string of the molecule is Cc1cc(C)c2c(N)c(C(=O)N/N=C/c3cccn3C)sc2n1. The molecule has 3 aromatic rings. The van der Waals surface area contributed by atoms with Gasteiger partial charge in [0.15, 0.2) is 0 Å². The summed E-state index contributed by atoms with van der Waals surface area (Å²) >= 11 is 1.28. The number of carbonyl (C=O) groups is 1. The molecule has 0 aliphatic carbocycles. The first-order chi connectivity index (χ1) is 11.0. The molecule has 0 fully saturated rings. The highest BCUT2D eigenvalue weighted by Crippen LogP contribution is 2.34. The molecule has 1 amide bonds. The molecule has 0 aliphatic rings. The van der Waals surface area contributed by atoms with Crippen molar-refractivity contribution in [3.63, 3.8) is 0 Å². The Morgan fingerprint density at radius 3 is 2.96 bits per heavy atom. The van der Waals surface area contributed by atoms with Crippen molar-refractivity contribution in [2.75, 3.05) is 5.73 Å². The third kappa shape index (κ3) is 2.83. The molecule has 3 rings (SSSR count). The standard InChI is InChI=1S/C16H17N5OS/c1-9-7-10(2)19-16-12(9)13(17)14(23-16)15(22)20-18-8-11-5-4-6-21(11)3/h4-8H,17H2,1-3H3,(H,20,22)/b18-8+. The second-order valence-corrected chi connectivity index (χ2v) is 6.35. The van der Waals surface area contributed by atoms with E-state index in [4.69, 9.17) is 5.73 Å². The normalized spacial score (nSPS) is 11.4. The average molecular weight is 327 g/mol. The molecule has 0 radical (unpaired) electrons. The van der Waals surface area contributed by atoms with Gasteiger partial charge in [0.25, 0.3) is 5.91 Å². The average Bonchev–Trinajstić information content (AvgIpc) is 3.03. The minimum Gasteiger partial charge on any atom is -0.397 e. The summed E-state index contributed by atoms with van der Waals surface area (Å²) in [7, 11) is 1.91. The summed E-state index contributed by atoms with van der Waals surface area (Å²) in [5, 5.41) is 4.83. The molecule has 0 aromatic carbocycles. The maximum Gasteiger partial charge on any atom is 0.283 e. The van der Waals surface area contributed by atoms with Crippen LogP contribution >= 0.6 is 11.3 Å². The van der Waals surface area contributed by atoms with Gasteiger partial charge in [-0.25, -0.2) is 10.4 Å². The number of aryl methyl sites for hydroxylation is 3. The van der Waals surface area contributed by atoms with E-state index in [2.05, 4.69) is 15.5 Å². The molecule has 0 bridgehead atoms. The molecule has 0 spiro atoms. The Hall–Kier alpha value is -2.67. The zero-order chi connectivity index (χ0) is 16.6. The van der Waals surface area contributed by atoms with Crippen LogP contribution < -0.4 is 11.2 Å². The Morgan fingerprint density at radius 2 is 2.26 bits per heavy atom. The molecule has 0 saturated carbocycles. The molecule has 7 heteroatoms. The zero-order valence-electron chi connectivity index (χ0n) is 13.1. The Kier molecular flexibility index (Phi) is 3.87. The van der Waals surface area contributed by atoms with Crippen molar-refractivity contribution >= 4 is 39.4 Å². The van der Waals surface area contributed by atoms with Gasteiger partial charge in [0.05, 0.1) is 17.6 Å². The summed E-state index contributed by atoms with van der Waals surface area (Å²) in [6.45, 7) is 3.89. The Bertz CT molecular complexity index is 922. The molecule has 0 saturated heterocycles. The van der Waals surface area contributed by atoms with Crippen molar-refractivity contribution in [3.8, 4) is 0 Å². The number of nitrogens with zero attached hydrogens (tertiary/aromatic N) is 3. The highest BCUT2D eigenvalue weighted by atomic mass is 32.1. The second-order valence-electron chi connectivity index (χ2n) is 5.35. The first kappa shape index (κ1) is 15.2. The van der Waals surface area contributed by atoms with Gasteiger partial charge in [-0.2, -0.15) is 5.10 Å². The van der Waals surface area contributed by atoms with Crippen LogP contribution in [0.5, 0.6) is 0 Å².